The molecular weight excluding hydrogens is 252 g/mol. The van der Waals surface area contributed by atoms with Crippen LogP contribution in [0.25, 0.3) is 0 Å². The largest absolute Gasteiger partial charge is 0.369 e. The van der Waals surface area contributed by atoms with E-state index in [-0.39, 0.29) is 16.9 Å². The molecule has 20 heavy (non-hydrogen) atoms. The minimum absolute atomic E-state index is 0.100. The Bertz CT molecular complexity index is 489. The Kier molecular flexibility index (Phi) is 4.81. The van der Waals surface area contributed by atoms with E-state index in [0.29, 0.717) is 12.4 Å². The number of aromatic amines is 1. The average molecular weight is 278 g/mol. The lowest BCUT2D eigenvalue weighted by Crippen LogP contribution is -2.39. The maximum absolute atomic E-state index is 11.7. The third-order valence-electron chi connectivity index (χ3n) is 4.30. The number of rotatable bonds is 5. The molecule has 0 aliphatic heterocycles. The van der Waals surface area contributed by atoms with E-state index in [2.05, 4.69) is 15.3 Å². The Labute approximate surface area is 120 Å². The van der Waals surface area contributed by atoms with Crippen LogP contribution in [0.3, 0.4) is 0 Å². The van der Waals surface area contributed by atoms with Gasteiger partial charge in [-0.15, -0.1) is 0 Å². The molecule has 0 aromatic carbocycles. The second-order valence-corrected chi connectivity index (χ2v) is 6.29. The summed E-state index contributed by atoms with van der Waals surface area (Å²) in [6.07, 6.45) is 6.13. The van der Waals surface area contributed by atoms with Crippen molar-refractivity contribution in [3.8, 4) is 0 Å². The van der Waals surface area contributed by atoms with E-state index in [0.717, 1.165) is 25.2 Å². The van der Waals surface area contributed by atoms with Crippen LogP contribution in [0.5, 0.6) is 0 Å². The Balaban J connectivity index is 2.08. The highest BCUT2D eigenvalue weighted by Crippen LogP contribution is 2.35. The molecule has 1 aromatic rings. The predicted octanol–water partition coefficient (Wildman–Crippen LogP) is 2.21. The summed E-state index contributed by atoms with van der Waals surface area (Å²) < 4.78 is 0. The summed E-state index contributed by atoms with van der Waals surface area (Å²) in [6.45, 7) is 5.53. The van der Waals surface area contributed by atoms with Gasteiger partial charge in [0.2, 0.25) is 0 Å². The van der Waals surface area contributed by atoms with Gasteiger partial charge in [0.05, 0.1) is 0 Å². The smallest absolute Gasteiger partial charge is 0.252 e. The van der Waals surface area contributed by atoms with Crippen molar-refractivity contribution in [2.45, 2.75) is 51.9 Å². The lowest BCUT2D eigenvalue weighted by Gasteiger charge is -2.36. The van der Waals surface area contributed by atoms with Crippen LogP contribution in [-0.2, 0) is 0 Å². The van der Waals surface area contributed by atoms with Gasteiger partial charge in [-0.1, -0.05) is 33.1 Å². The Morgan fingerprint density at radius 1 is 1.40 bits per heavy atom. The molecule has 1 aromatic heterocycles. The minimum atomic E-state index is -0.100. The van der Waals surface area contributed by atoms with Gasteiger partial charge in [0.1, 0.15) is 11.6 Å². The van der Waals surface area contributed by atoms with E-state index < -0.39 is 0 Å². The Morgan fingerprint density at radius 2 is 2.10 bits per heavy atom. The third-order valence-corrected chi connectivity index (χ3v) is 4.30. The number of nitrogens with one attached hydrogen (secondary N) is 2. The summed E-state index contributed by atoms with van der Waals surface area (Å²) in [5.74, 6) is 1.60. The molecule has 0 unspecified atom stereocenters. The number of nitrogens with two attached hydrogens (primary N) is 1. The number of hydrogen-bond donors (Lipinski definition) is 3. The molecule has 1 heterocycles. The van der Waals surface area contributed by atoms with Gasteiger partial charge < -0.3 is 16.0 Å². The van der Waals surface area contributed by atoms with Gasteiger partial charge >= 0.3 is 0 Å². The van der Waals surface area contributed by atoms with Crippen LogP contribution >= 0.6 is 0 Å². The molecule has 2 rings (SSSR count). The van der Waals surface area contributed by atoms with Gasteiger partial charge in [0.15, 0.2) is 0 Å². The van der Waals surface area contributed by atoms with Crippen molar-refractivity contribution in [2.24, 2.45) is 11.1 Å². The number of hydrogen-bond acceptors (Lipinski definition) is 4. The Morgan fingerprint density at radius 3 is 2.70 bits per heavy atom. The van der Waals surface area contributed by atoms with Crippen LogP contribution in [0.4, 0.5) is 5.82 Å². The summed E-state index contributed by atoms with van der Waals surface area (Å²) in [6, 6.07) is 1.53. The van der Waals surface area contributed by atoms with Gasteiger partial charge in [-0.3, -0.25) is 4.79 Å². The van der Waals surface area contributed by atoms with Gasteiger partial charge in [-0.2, -0.15) is 0 Å². The highest BCUT2D eigenvalue weighted by Gasteiger charge is 2.30. The first-order valence-corrected chi connectivity index (χ1v) is 7.60. The molecule has 1 fully saturated rings. The fraction of sp³-hybridized carbons (Fsp3) is 0.733. The molecule has 0 amide bonds. The molecule has 0 spiro atoms. The van der Waals surface area contributed by atoms with Crippen LogP contribution in [0.2, 0.25) is 0 Å². The molecule has 0 saturated heterocycles. The lowest BCUT2D eigenvalue weighted by molar-refractivity contribution is 0.215. The van der Waals surface area contributed by atoms with Crippen molar-refractivity contribution in [2.75, 3.05) is 18.4 Å². The van der Waals surface area contributed by atoms with E-state index >= 15 is 0 Å². The standard InChI is InChI=1S/C15H26N4O/c1-11(2)14-18-12(8-13(20)19-14)17-10-15(9-16)6-4-3-5-7-15/h8,11H,3-7,9-10,16H2,1-2H3,(H2,17,18,19,20). The first-order chi connectivity index (χ1) is 9.54. The van der Waals surface area contributed by atoms with Crippen LogP contribution in [0, 0.1) is 5.41 Å². The molecule has 0 atom stereocenters. The molecule has 1 saturated carbocycles. The fourth-order valence-electron chi connectivity index (χ4n) is 2.87. The lowest BCUT2D eigenvalue weighted by atomic mass is 9.74. The Hall–Kier alpha value is -1.36. The average Bonchev–Trinajstić information content (AvgIpc) is 2.45. The van der Waals surface area contributed by atoms with Crippen LogP contribution in [-0.4, -0.2) is 23.1 Å². The summed E-state index contributed by atoms with van der Waals surface area (Å²) in [7, 11) is 0. The van der Waals surface area contributed by atoms with Crippen LogP contribution in [0.1, 0.15) is 57.7 Å². The van der Waals surface area contributed by atoms with E-state index in [1.54, 1.807) is 0 Å². The topological polar surface area (TPSA) is 83.8 Å². The van der Waals surface area contributed by atoms with E-state index in [9.17, 15) is 4.79 Å². The molecule has 0 bridgehead atoms. The molecule has 4 N–H and O–H groups in total. The SMILES string of the molecule is CC(C)c1nc(NCC2(CN)CCCCC2)cc(=O)[nH]1. The molecule has 112 valence electrons. The number of aromatic nitrogens is 2. The van der Waals surface area contributed by atoms with Gasteiger partial charge in [0, 0.05) is 18.5 Å². The molecule has 0 radical (unpaired) electrons. The van der Waals surface area contributed by atoms with Gasteiger partial charge in [-0.05, 0) is 24.8 Å². The summed E-state index contributed by atoms with van der Waals surface area (Å²) in [4.78, 5) is 18.9. The monoisotopic (exact) mass is 278 g/mol. The molecular formula is C15H26N4O. The van der Waals surface area contributed by atoms with Crippen molar-refractivity contribution >= 4 is 5.82 Å². The summed E-state index contributed by atoms with van der Waals surface area (Å²) >= 11 is 0. The second kappa shape index (κ2) is 6.39. The maximum Gasteiger partial charge on any atom is 0.252 e. The second-order valence-electron chi connectivity index (χ2n) is 6.29. The molecule has 5 nitrogen and oxygen atoms in total. The number of anilines is 1. The van der Waals surface area contributed by atoms with Crippen molar-refractivity contribution < 1.29 is 0 Å². The van der Waals surface area contributed by atoms with Crippen molar-refractivity contribution in [1.29, 1.82) is 0 Å². The van der Waals surface area contributed by atoms with Gasteiger partial charge in [0.25, 0.3) is 5.56 Å². The van der Waals surface area contributed by atoms with E-state index in [1.807, 2.05) is 13.8 Å². The quantitative estimate of drug-likeness (QED) is 0.771. The first-order valence-electron chi connectivity index (χ1n) is 7.60. The molecule has 1 aliphatic carbocycles. The van der Waals surface area contributed by atoms with Crippen LogP contribution < -0.4 is 16.6 Å². The highest BCUT2D eigenvalue weighted by molar-refractivity contribution is 5.33. The zero-order valence-corrected chi connectivity index (χ0v) is 12.5. The van der Waals surface area contributed by atoms with E-state index in [1.165, 1.54) is 25.3 Å². The number of H-pyrrole nitrogens is 1. The van der Waals surface area contributed by atoms with Crippen LogP contribution in [0.15, 0.2) is 10.9 Å². The van der Waals surface area contributed by atoms with Crippen molar-refractivity contribution in [3.63, 3.8) is 0 Å². The van der Waals surface area contributed by atoms with Crippen molar-refractivity contribution in [3.05, 3.63) is 22.2 Å². The zero-order valence-electron chi connectivity index (χ0n) is 12.5. The fourth-order valence-corrected chi connectivity index (χ4v) is 2.87. The maximum atomic E-state index is 11.7. The minimum Gasteiger partial charge on any atom is -0.369 e. The summed E-state index contributed by atoms with van der Waals surface area (Å²) in [5.41, 5.74) is 6.05. The summed E-state index contributed by atoms with van der Waals surface area (Å²) in [5, 5.41) is 3.33. The molecule has 5 heteroatoms. The third kappa shape index (κ3) is 3.60. The first kappa shape index (κ1) is 15.0. The number of nitrogens with zero attached hydrogens (tertiary/aromatic N) is 1. The zero-order chi connectivity index (χ0) is 14.6. The molecule has 1 aliphatic rings. The highest BCUT2D eigenvalue weighted by atomic mass is 16.1. The normalized spacial score (nSPS) is 18.2. The van der Waals surface area contributed by atoms with Gasteiger partial charge in [-0.25, -0.2) is 4.98 Å². The van der Waals surface area contributed by atoms with Crippen molar-refractivity contribution in [1.82, 2.24) is 9.97 Å². The predicted molar refractivity (Wildman–Crippen MR) is 82.0 cm³/mol. The van der Waals surface area contributed by atoms with E-state index in [4.69, 9.17) is 5.73 Å².